The zero-order valence-electron chi connectivity index (χ0n) is 16.0. The van der Waals surface area contributed by atoms with Gasteiger partial charge in [0, 0.05) is 40.6 Å². The Morgan fingerprint density at radius 1 is 1.24 bits per heavy atom. The highest BCUT2D eigenvalue weighted by Gasteiger charge is 2.30. The molecule has 4 rings (SSSR count). The summed E-state index contributed by atoms with van der Waals surface area (Å²) in [6, 6.07) is 8.39. The minimum atomic E-state index is -1.28. The predicted molar refractivity (Wildman–Crippen MR) is 111 cm³/mol. The summed E-state index contributed by atoms with van der Waals surface area (Å²) in [6.45, 7) is 5.51. The molecule has 1 unspecified atom stereocenters. The van der Waals surface area contributed by atoms with Crippen LogP contribution < -0.4 is 0 Å². The van der Waals surface area contributed by atoms with Gasteiger partial charge in [-0.15, -0.1) is 0 Å². The number of aromatic carboxylic acids is 1. The predicted octanol–water partition coefficient (Wildman–Crippen LogP) is 5.50. The van der Waals surface area contributed by atoms with E-state index >= 15 is 0 Å². The van der Waals surface area contributed by atoms with Crippen molar-refractivity contribution >= 4 is 40.1 Å². The summed E-state index contributed by atoms with van der Waals surface area (Å²) in [5.74, 6) is -2.03. The number of carboxylic acids is 1. The molecule has 1 fully saturated rings. The van der Waals surface area contributed by atoms with Crippen molar-refractivity contribution < 1.29 is 14.3 Å². The zero-order valence-corrected chi connectivity index (χ0v) is 17.5. The lowest BCUT2D eigenvalue weighted by Crippen LogP contribution is -2.25. The number of aryl methyl sites for hydroxylation is 1. The maximum atomic E-state index is 14.3. The minimum Gasteiger partial charge on any atom is -0.478 e. The van der Waals surface area contributed by atoms with Gasteiger partial charge in [0.15, 0.2) is 0 Å². The Labute approximate surface area is 177 Å². The molecule has 152 valence electrons. The fraction of sp³-hybridized carbons (Fsp3) is 0.333. The van der Waals surface area contributed by atoms with Gasteiger partial charge in [0.05, 0.1) is 22.8 Å². The van der Waals surface area contributed by atoms with Crippen LogP contribution in [0.1, 0.15) is 47.0 Å². The van der Waals surface area contributed by atoms with Crippen molar-refractivity contribution in [1.82, 2.24) is 14.7 Å². The molecule has 0 spiro atoms. The van der Waals surface area contributed by atoms with Crippen LogP contribution in [0.4, 0.5) is 4.39 Å². The standard InChI is InChI=1S/C21H20Cl2FN3O2/c1-11-17-8-18(21(28)29)19(24)9-20(17)27(25-11)16-3-4-26(10-16)12(2)13-5-14(22)7-15(23)6-13/h5-9,12,16H,3-4,10H2,1-2H3,(H,28,29)/t12?,16-/m1/s1. The molecule has 1 N–H and O–H groups in total. The van der Waals surface area contributed by atoms with Crippen LogP contribution >= 0.6 is 23.2 Å². The first-order chi connectivity index (χ1) is 13.7. The second-order valence-electron chi connectivity index (χ2n) is 7.50. The normalized spacial score (nSPS) is 18.4. The fourth-order valence-electron chi connectivity index (χ4n) is 4.10. The third-order valence-electron chi connectivity index (χ3n) is 5.67. The summed E-state index contributed by atoms with van der Waals surface area (Å²) < 4.78 is 16.1. The highest BCUT2D eigenvalue weighted by atomic mass is 35.5. The van der Waals surface area contributed by atoms with Crippen molar-refractivity contribution in [1.29, 1.82) is 0 Å². The number of rotatable bonds is 4. The molecule has 0 aliphatic carbocycles. The summed E-state index contributed by atoms with van der Waals surface area (Å²) >= 11 is 12.3. The molecule has 0 bridgehead atoms. The monoisotopic (exact) mass is 435 g/mol. The summed E-state index contributed by atoms with van der Waals surface area (Å²) in [4.78, 5) is 13.6. The van der Waals surface area contributed by atoms with Crippen LogP contribution in [0.2, 0.25) is 10.0 Å². The second kappa shape index (κ2) is 7.59. The number of halogens is 3. The van der Waals surface area contributed by atoms with Gasteiger partial charge in [-0.3, -0.25) is 9.58 Å². The van der Waals surface area contributed by atoms with Gasteiger partial charge in [0.1, 0.15) is 5.82 Å². The highest BCUT2D eigenvalue weighted by molar-refractivity contribution is 6.34. The number of benzene rings is 2. The van der Waals surface area contributed by atoms with Crippen molar-refractivity contribution in [3.8, 4) is 0 Å². The summed E-state index contributed by atoms with van der Waals surface area (Å²) in [7, 11) is 0. The number of hydrogen-bond acceptors (Lipinski definition) is 3. The maximum absolute atomic E-state index is 14.3. The second-order valence-corrected chi connectivity index (χ2v) is 8.37. The van der Waals surface area contributed by atoms with Crippen LogP contribution in [0.3, 0.4) is 0 Å². The van der Waals surface area contributed by atoms with Crippen LogP contribution in [-0.4, -0.2) is 38.8 Å². The molecule has 0 radical (unpaired) electrons. The average molecular weight is 436 g/mol. The summed E-state index contributed by atoms with van der Waals surface area (Å²) in [5, 5.41) is 15.7. The number of carbonyl (C=O) groups is 1. The molecule has 8 heteroatoms. The number of nitrogens with zero attached hydrogens (tertiary/aromatic N) is 3. The lowest BCUT2D eigenvalue weighted by molar-refractivity contribution is 0.0692. The van der Waals surface area contributed by atoms with E-state index in [2.05, 4.69) is 16.9 Å². The molecule has 3 aromatic rings. The van der Waals surface area contributed by atoms with E-state index < -0.39 is 11.8 Å². The maximum Gasteiger partial charge on any atom is 0.338 e. The molecule has 0 amide bonds. The van der Waals surface area contributed by atoms with E-state index in [1.807, 2.05) is 23.7 Å². The first kappa shape index (κ1) is 20.1. The van der Waals surface area contributed by atoms with Crippen molar-refractivity contribution in [3.63, 3.8) is 0 Å². The summed E-state index contributed by atoms with van der Waals surface area (Å²) in [6.07, 6.45) is 0.858. The van der Waals surface area contributed by atoms with Crippen LogP contribution in [0, 0.1) is 12.7 Å². The first-order valence-electron chi connectivity index (χ1n) is 9.36. The molecule has 5 nitrogen and oxygen atoms in total. The molecule has 1 aliphatic rings. The Kier molecular flexibility index (Phi) is 5.27. The first-order valence-corrected chi connectivity index (χ1v) is 10.1. The van der Waals surface area contributed by atoms with E-state index in [-0.39, 0.29) is 17.6 Å². The van der Waals surface area contributed by atoms with Gasteiger partial charge in [-0.2, -0.15) is 5.10 Å². The molecule has 2 aromatic carbocycles. The quantitative estimate of drug-likeness (QED) is 0.587. The number of carboxylic acid groups (broad SMARTS) is 1. The molecule has 1 saturated heterocycles. The van der Waals surface area contributed by atoms with Crippen molar-refractivity contribution in [3.05, 3.63) is 63.0 Å². The van der Waals surface area contributed by atoms with Gasteiger partial charge in [0.2, 0.25) is 0 Å². The van der Waals surface area contributed by atoms with Crippen LogP contribution in [0.25, 0.3) is 10.9 Å². The molecular weight excluding hydrogens is 416 g/mol. The summed E-state index contributed by atoms with van der Waals surface area (Å²) in [5.41, 5.74) is 2.02. The van der Waals surface area contributed by atoms with Crippen molar-refractivity contribution in [2.24, 2.45) is 0 Å². The zero-order chi connectivity index (χ0) is 20.9. The topological polar surface area (TPSA) is 58.4 Å². The number of aromatic nitrogens is 2. The van der Waals surface area contributed by atoms with Crippen molar-refractivity contribution in [2.75, 3.05) is 13.1 Å². The molecular formula is C21H20Cl2FN3O2. The van der Waals surface area contributed by atoms with Crippen LogP contribution in [-0.2, 0) is 0 Å². The Morgan fingerprint density at radius 2 is 1.93 bits per heavy atom. The van der Waals surface area contributed by atoms with Gasteiger partial charge in [-0.25, -0.2) is 9.18 Å². The molecule has 1 aromatic heterocycles. The van der Waals surface area contributed by atoms with E-state index in [4.69, 9.17) is 23.2 Å². The lowest BCUT2D eigenvalue weighted by atomic mass is 10.1. The van der Waals surface area contributed by atoms with E-state index in [1.165, 1.54) is 12.1 Å². The van der Waals surface area contributed by atoms with Gasteiger partial charge < -0.3 is 5.11 Å². The molecule has 1 aliphatic heterocycles. The van der Waals surface area contributed by atoms with E-state index in [0.29, 0.717) is 26.6 Å². The lowest BCUT2D eigenvalue weighted by Gasteiger charge is -2.25. The Balaban J connectivity index is 1.63. The minimum absolute atomic E-state index is 0.0679. The van der Waals surface area contributed by atoms with Crippen LogP contribution in [0.5, 0.6) is 0 Å². The smallest absolute Gasteiger partial charge is 0.338 e. The number of fused-ring (bicyclic) bond motifs is 1. The largest absolute Gasteiger partial charge is 0.478 e. The molecule has 29 heavy (non-hydrogen) atoms. The fourth-order valence-corrected chi connectivity index (χ4v) is 4.64. The van der Waals surface area contributed by atoms with E-state index in [0.717, 1.165) is 25.1 Å². The molecule has 2 heterocycles. The Morgan fingerprint density at radius 3 is 2.59 bits per heavy atom. The Bertz CT molecular complexity index is 1090. The van der Waals surface area contributed by atoms with Crippen LogP contribution in [0.15, 0.2) is 30.3 Å². The third kappa shape index (κ3) is 3.72. The average Bonchev–Trinajstić information content (AvgIpc) is 3.24. The van der Waals surface area contributed by atoms with Gasteiger partial charge in [-0.1, -0.05) is 23.2 Å². The van der Waals surface area contributed by atoms with Crippen molar-refractivity contribution in [2.45, 2.75) is 32.4 Å². The molecule has 0 saturated carbocycles. The Hall–Kier alpha value is -2.15. The van der Waals surface area contributed by atoms with Gasteiger partial charge >= 0.3 is 5.97 Å². The highest BCUT2D eigenvalue weighted by Crippen LogP contribution is 2.34. The van der Waals surface area contributed by atoms with Gasteiger partial charge in [-0.05, 0) is 50.1 Å². The van der Waals surface area contributed by atoms with Gasteiger partial charge in [0.25, 0.3) is 0 Å². The number of hydrogen-bond donors (Lipinski definition) is 1. The number of likely N-dealkylation sites (tertiary alicyclic amines) is 1. The molecule has 2 atom stereocenters. The third-order valence-corrected chi connectivity index (χ3v) is 6.10. The van der Waals surface area contributed by atoms with E-state index in [1.54, 1.807) is 6.07 Å². The van der Waals surface area contributed by atoms with E-state index in [9.17, 15) is 14.3 Å². The SMILES string of the molecule is Cc1nn([C@@H]2CCN(C(C)c3cc(Cl)cc(Cl)c3)C2)c2cc(F)c(C(=O)O)cc12.